The zero-order valence-corrected chi connectivity index (χ0v) is 15.3. The average molecular weight is 399 g/mol. The average Bonchev–Trinajstić information content (AvgIpc) is 3.28. The maximum absolute atomic E-state index is 13.3. The van der Waals surface area contributed by atoms with E-state index in [1.54, 1.807) is 11.5 Å². The molecule has 2 aromatic heterocycles. The van der Waals surface area contributed by atoms with Gasteiger partial charge in [-0.1, -0.05) is 12.1 Å². The molecule has 4 aromatic rings. The predicted molar refractivity (Wildman–Crippen MR) is 105 cm³/mol. The Bertz CT molecular complexity index is 1130. The molecule has 0 atom stereocenters. The molecule has 0 unspecified atom stereocenters. The number of thiazole rings is 2. The van der Waals surface area contributed by atoms with E-state index in [0.29, 0.717) is 16.4 Å². The Hall–Kier alpha value is -2.97. The van der Waals surface area contributed by atoms with Gasteiger partial charge >= 0.3 is 0 Å². The maximum Gasteiger partial charge on any atom is 0.250 e. The number of halogens is 2. The molecule has 0 aliphatic carbocycles. The number of hydrogen-bond donors (Lipinski definition) is 1. The van der Waals surface area contributed by atoms with Crippen LogP contribution in [0.5, 0.6) is 0 Å². The number of aromatic nitrogens is 2. The van der Waals surface area contributed by atoms with Crippen LogP contribution in [0, 0.1) is 11.6 Å². The molecule has 0 spiro atoms. The summed E-state index contributed by atoms with van der Waals surface area (Å²) in [7, 11) is 0. The van der Waals surface area contributed by atoms with Crippen LogP contribution in [0.1, 0.15) is 5.01 Å². The topological polar surface area (TPSA) is 54.9 Å². The van der Waals surface area contributed by atoms with Crippen molar-refractivity contribution in [1.82, 2.24) is 9.97 Å². The molecule has 0 radical (unpaired) electrons. The van der Waals surface area contributed by atoms with Crippen LogP contribution in [-0.4, -0.2) is 15.9 Å². The van der Waals surface area contributed by atoms with Crippen molar-refractivity contribution in [3.05, 3.63) is 70.6 Å². The van der Waals surface area contributed by atoms with Gasteiger partial charge in [0.15, 0.2) is 16.8 Å². The minimum atomic E-state index is -0.940. The van der Waals surface area contributed by atoms with Gasteiger partial charge in [0.25, 0.3) is 0 Å². The van der Waals surface area contributed by atoms with Gasteiger partial charge in [0.1, 0.15) is 5.01 Å². The van der Waals surface area contributed by atoms with E-state index in [4.69, 9.17) is 0 Å². The van der Waals surface area contributed by atoms with Gasteiger partial charge in [-0.2, -0.15) is 0 Å². The molecule has 0 fully saturated rings. The molecule has 2 aromatic carbocycles. The lowest BCUT2D eigenvalue weighted by atomic mass is 10.2. The van der Waals surface area contributed by atoms with Gasteiger partial charge in [-0.3, -0.25) is 10.1 Å². The normalized spacial score (nSPS) is 11.3. The van der Waals surface area contributed by atoms with Crippen molar-refractivity contribution >= 4 is 50.0 Å². The Morgan fingerprint density at radius 2 is 1.93 bits per heavy atom. The summed E-state index contributed by atoms with van der Waals surface area (Å²) in [6, 6.07) is 11.3. The lowest BCUT2D eigenvalue weighted by Gasteiger charge is -1.98. The van der Waals surface area contributed by atoms with Crippen LogP contribution in [-0.2, 0) is 4.79 Å². The van der Waals surface area contributed by atoms with Crippen molar-refractivity contribution in [2.45, 2.75) is 0 Å². The number of para-hydroxylation sites is 1. The molecule has 0 aliphatic rings. The first kappa shape index (κ1) is 17.4. The third kappa shape index (κ3) is 3.91. The van der Waals surface area contributed by atoms with Crippen molar-refractivity contribution in [2.24, 2.45) is 0 Å². The van der Waals surface area contributed by atoms with Crippen molar-refractivity contribution in [3.63, 3.8) is 0 Å². The van der Waals surface area contributed by atoms with E-state index in [1.165, 1.54) is 34.8 Å². The van der Waals surface area contributed by atoms with Crippen LogP contribution in [0.2, 0.25) is 0 Å². The van der Waals surface area contributed by atoms with Gasteiger partial charge in [0.05, 0.1) is 15.9 Å². The highest BCUT2D eigenvalue weighted by Gasteiger charge is 2.09. The van der Waals surface area contributed by atoms with Crippen LogP contribution in [0.25, 0.3) is 27.6 Å². The lowest BCUT2D eigenvalue weighted by Crippen LogP contribution is -2.07. The number of nitrogens with zero attached hydrogens (tertiary/aromatic N) is 2. The zero-order valence-electron chi connectivity index (χ0n) is 13.6. The highest BCUT2D eigenvalue weighted by Crippen LogP contribution is 2.26. The first-order chi connectivity index (χ1) is 13.1. The van der Waals surface area contributed by atoms with Gasteiger partial charge in [-0.05, 0) is 36.4 Å². The minimum Gasteiger partial charge on any atom is -0.298 e. The van der Waals surface area contributed by atoms with Gasteiger partial charge < -0.3 is 0 Å². The molecule has 2 heterocycles. The Morgan fingerprint density at radius 1 is 1.07 bits per heavy atom. The van der Waals surface area contributed by atoms with E-state index < -0.39 is 11.6 Å². The number of carbonyl (C=O) groups is 1. The smallest absolute Gasteiger partial charge is 0.250 e. The Kier molecular flexibility index (Phi) is 4.74. The molecule has 27 heavy (non-hydrogen) atoms. The van der Waals surface area contributed by atoms with Crippen LogP contribution in [0.4, 0.5) is 13.9 Å². The van der Waals surface area contributed by atoms with E-state index in [1.807, 2.05) is 24.3 Å². The van der Waals surface area contributed by atoms with E-state index in [-0.39, 0.29) is 5.91 Å². The first-order valence-corrected chi connectivity index (χ1v) is 9.54. The molecule has 0 saturated carbocycles. The highest BCUT2D eigenvalue weighted by molar-refractivity contribution is 7.19. The van der Waals surface area contributed by atoms with E-state index in [9.17, 15) is 13.6 Å². The second-order valence-electron chi connectivity index (χ2n) is 5.51. The summed E-state index contributed by atoms with van der Waals surface area (Å²) in [5.74, 6) is -2.20. The second kappa shape index (κ2) is 7.34. The van der Waals surface area contributed by atoms with E-state index >= 15 is 0 Å². The summed E-state index contributed by atoms with van der Waals surface area (Å²) in [6.45, 7) is 0. The highest BCUT2D eigenvalue weighted by atomic mass is 32.1. The molecule has 0 bridgehead atoms. The number of hydrogen-bond acceptors (Lipinski definition) is 5. The first-order valence-electron chi connectivity index (χ1n) is 7.84. The molecular formula is C19H11F2N3OS2. The molecule has 4 rings (SSSR count). The third-order valence-electron chi connectivity index (χ3n) is 3.64. The quantitative estimate of drug-likeness (QED) is 0.471. The fraction of sp³-hybridized carbons (Fsp3) is 0. The predicted octanol–water partition coefficient (Wildman–Crippen LogP) is 5.35. The van der Waals surface area contributed by atoms with Gasteiger partial charge in [-0.25, -0.2) is 18.7 Å². The summed E-state index contributed by atoms with van der Waals surface area (Å²) in [6.07, 6.45) is 3.03. The van der Waals surface area contributed by atoms with Crippen LogP contribution < -0.4 is 5.32 Å². The van der Waals surface area contributed by atoms with Crippen molar-refractivity contribution < 1.29 is 13.6 Å². The van der Waals surface area contributed by atoms with Crippen molar-refractivity contribution in [3.8, 4) is 11.3 Å². The molecule has 1 amide bonds. The molecule has 134 valence electrons. The molecule has 1 N–H and O–H groups in total. The number of rotatable bonds is 4. The second-order valence-corrected chi connectivity index (χ2v) is 7.43. The number of amides is 1. The van der Waals surface area contributed by atoms with Crippen LogP contribution in [0.15, 0.2) is 53.9 Å². The van der Waals surface area contributed by atoms with E-state index in [0.717, 1.165) is 27.4 Å². The monoisotopic (exact) mass is 399 g/mol. The number of nitrogens with one attached hydrogen (secondary N) is 1. The maximum atomic E-state index is 13.3. The molecular weight excluding hydrogens is 388 g/mol. The lowest BCUT2D eigenvalue weighted by molar-refractivity contribution is -0.111. The summed E-state index contributed by atoms with van der Waals surface area (Å²) >= 11 is 2.69. The third-order valence-corrected chi connectivity index (χ3v) is 5.40. The zero-order chi connectivity index (χ0) is 18.8. The summed E-state index contributed by atoms with van der Waals surface area (Å²) in [5, 5.41) is 5.42. The van der Waals surface area contributed by atoms with E-state index in [2.05, 4.69) is 15.3 Å². The number of benzene rings is 2. The van der Waals surface area contributed by atoms with Gasteiger partial charge in [-0.15, -0.1) is 22.7 Å². The number of anilines is 1. The largest absolute Gasteiger partial charge is 0.298 e. The minimum absolute atomic E-state index is 0.347. The summed E-state index contributed by atoms with van der Waals surface area (Å²) in [4.78, 5) is 20.7. The number of carbonyl (C=O) groups excluding carboxylic acids is 1. The van der Waals surface area contributed by atoms with Crippen molar-refractivity contribution in [1.29, 1.82) is 0 Å². The SMILES string of the molecule is O=C(/C=C/c1nc2ccccc2s1)Nc1nc(-c2ccc(F)c(F)c2)cs1. The Morgan fingerprint density at radius 3 is 2.74 bits per heavy atom. The van der Waals surface area contributed by atoms with Crippen LogP contribution in [0.3, 0.4) is 0 Å². The molecule has 0 saturated heterocycles. The molecule has 0 aliphatic heterocycles. The molecule has 4 nitrogen and oxygen atoms in total. The summed E-state index contributed by atoms with van der Waals surface area (Å²) in [5.41, 5.74) is 1.79. The fourth-order valence-corrected chi connectivity index (χ4v) is 3.97. The standard InChI is InChI=1S/C19H11F2N3OS2/c20-12-6-5-11(9-13(12)21)15-10-26-19(23-15)24-17(25)7-8-18-22-14-3-1-2-4-16(14)27-18/h1-10H,(H,23,24,25)/b8-7+. The number of fused-ring (bicyclic) bond motifs is 1. The summed E-state index contributed by atoms with van der Waals surface area (Å²) < 4.78 is 27.4. The van der Waals surface area contributed by atoms with Gasteiger partial charge in [0, 0.05) is 17.0 Å². The van der Waals surface area contributed by atoms with Gasteiger partial charge in [0.2, 0.25) is 5.91 Å². The molecule has 8 heteroatoms. The fourth-order valence-electron chi connectivity index (χ4n) is 2.37. The van der Waals surface area contributed by atoms with Crippen molar-refractivity contribution in [2.75, 3.05) is 5.32 Å². The Labute approximate surface area is 160 Å². The van der Waals surface area contributed by atoms with Crippen LogP contribution >= 0.6 is 22.7 Å². The Balaban J connectivity index is 1.45.